The number of furan rings is 1. The fourth-order valence-corrected chi connectivity index (χ4v) is 3.97. The van der Waals surface area contributed by atoms with Crippen LogP contribution in [-0.2, 0) is 0 Å². The molecular weight excluding hydrogens is 322 g/mol. The molecule has 1 fully saturated rings. The minimum absolute atomic E-state index is 0.0494. The van der Waals surface area contributed by atoms with Crippen molar-refractivity contribution in [1.82, 2.24) is 15.1 Å². The smallest absolute Gasteiger partial charge is 0.317 e. The lowest BCUT2D eigenvalue weighted by atomic mass is 10.2. The van der Waals surface area contributed by atoms with E-state index in [1.54, 1.807) is 22.5 Å². The van der Waals surface area contributed by atoms with Gasteiger partial charge >= 0.3 is 6.03 Å². The summed E-state index contributed by atoms with van der Waals surface area (Å²) in [7, 11) is 1.84. The second kappa shape index (κ2) is 7.85. The normalized spacial score (nSPS) is 17.6. The average molecular weight is 347 g/mol. The van der Waals surface area contributed by atoms with Crippen molar-refractivity contribution in [3.05, 3.63) is 46.5 Å². The molecule has 2 aromatic rings. The second-order valence-electron chi connectivity index (χ2n) is 6.26. The van der Waals surface area contributed by atoms with Gasteiger partial charge in [0.15, 0.2) is 0 Å². The zero-order valence-electron chi connectivity index (χ0n) is 14.3. The van der Waals surface area contributed by atoms with Crippen molar-refractivity contribution < 1.29 is 9.21 Å². The van der Waals surface area contributed by atoms with Gasteiger partial charge in [0.1, 0.15) is 5.76 Å². The SMILES string of the molecule is C[C@@H](c1cccs1)N(C)C(=O)NC[C@@H](c1ccco1)N1CCCC1. The summed E-state index contributed by atoms with van der Waals surface area (Å²) in [4.78, 5) is 17.9. The molecule has 0 unspecified atom stereocenters. The Bertz CT molecular complexity index is 621. The van der Waals surface area contributed by atoms with Gasteiger partial charge in [-0.1, -0.05) is 6.07 Å². The molecule has 24 heavy (non-hydrogen) atoms. The Morgan fingerprint density at radius 2 is 2.17 bits per heavy atom. The van der Waals surface area contributed by atoms with Crippen molar-refractivity contribution in [2.24, 2.45) is 0 Å². The predicted molar refractivity (Wildman–Crippen MR) is 96.2 cm³/mol. The number of carbonyl (C=O) groups is 1. The van der Waals surface area contributed by atoms with Crippen LogP contribution in [0.2, 0.25) is 0 Å². The summed E-state index contributed by atoms with van der Waals surface area (Å²) in [5.74, 6) is 0.922. The van der Waals surface area contributed by atoms with Crippen LogP contribution in [0.3, 0.4) is 0 Å². The third-order valence-corrected chi connectivity index (χ3v) is 5.80. The van der Waals surface area contributed by atoms with E-state index in [-0.39, 0.29) is 18.1 Å². The van der Waals surface area contributed by atoms with E-state index in [2.05, 4.69) is 23.2 Å². The summed E-state index contributed by atoms with van der Waals surface area (Å²) in [6, 6.07) is 8.11. The lowest BCUT2D eigenvalue weighted by Gasteiger charge is -2.29. The van der Waals surface area contributed by atoms with Gasteiger partial charge in [0.25, 0.3) is 0 Å². The van der Waals surface area contributed by atoms with E-state index in [0.29, 0.717) is 6.54 Å². The van der Waals surface area contributed by atoms with Crippen molar-refractivity contribution in [3.8, 4) is 0 Å². The molecule has 0 spiro atoms. The molecule has 6 heteroatoms. The lowest BCUT2D eigenvalue weighted by Crippen LogP contribution is -2.43. The number of hydrogen-bond acceptors (Lipinski definition) is 4. The summed E-state index contributed by atoms with van der Waals surface area (Å²) >= 11 is 1.67. The van der Waals surface area contributed by atoms with Gasteiger partial charge in [-0.3, -0.25) is 4.90 Å². The maximum absolute atomic E-state index is 12.5. The minimum Gasteiger partial charge on any atom is -0.468 e. The first-order chi connectivity index (χ1) is 11.7. The molecule has 1 aliphatic rings. The zero-order chi connectivity index (χ0) is 16.9. The maximum Gasteiger partial charge on any atom is 0.317 e. The van der Waals surface area contributed by atoms with Crippen LogP contribution in [0.5, 0.6) is 0 Å². The first kappa shape index (κ1) is 17.0. The van der Waals surface area contributed by atoms with Gasteiger partial charge in [0.2, 0.25) is 0 Å². The molecule has 0 aromatic carbocycles. The van der Waals surface area contributed by atoms with E-state index in [9.17, 15) is 4.79 Å². The number of thiophene rings is 1. The van der Waals surface area contributed by atoms with Crippen LogP contribution >= 0.6 is 11.3 Å². The highest BCUT2D eigenvalue weighted by Gasteiger charge is 2.27. The number of nitrogens with one attached hydrogen (secondary N) is 1. The van der Waals surface area contributed by atoms with Crippen LogP contribution in [0.25, 0.3) is 0 Å². The number of nitrogens with zero attached hydrogens (tertiary/aromatic N) is 2. The molecule has 0 radical (unpaired) electrons. The van der Waals surface area contributed by atoms with Crippen LogP contribution < -0.4 is 5.32 Å². The Morgan fingerprint density at radius 1 is 1.38 bits per heavy atom. The first-order valence-electron chi connectivity index (χ1n) is 8.48. The molecule has 1 saturated heterocycles. The van der Waals surface area contributed by atoms with Crippen LogP contribution in [-0.4, -0.2) is 42.5 Å². The summed E-state index contributed by atoms with van der Waals surface area (Å²) in [5.41, 5.74) is 0. The topological polar surface area (TPSA) is 48.7 Å². The molecule has 130 valence electrons. The van der Waals surface area contributed by atoms with Crippen molar-refractivity contribution in [1.29, 1.82) is 0 Å². The number of urea groups is 1. The van der Waals surface area contributed by atoms with Crippen molar-refractivity contribution in [2.45, 2.75) is 31.8 Å². The van der Waals surface area contributed by atoms with Gasteiger partial charge in [-0.05, 0) is 56.4 Å². The summed E-state index contributed by atoms with van der Waals surface area (Å²) in [6.45, 7) is 4.73. The van der Waals surface area contributed by atoms with Crippen LogP contribution in [0.15, 0.2) is 40.3 Å². The summed E-state index contributed by atoms with van der Waals surface area (Å²) in [5, 5.41) is 5.12. The number of likely N-dealkylation sites (tertiary alicyclic amines) is 1. The molecule has 3 heterocycles. The minimum atomic E-state index is -0.0494. The molecule has 5 nitrogen and oxygen atoms in total. The van der Waals surface area contributed by atoms with Crippen LogP contribution in [0, 0.1) is 0 Å². The van der Waals surface area contributed by atoms with Gasteiger partial charge in [-0.25, -0.2) is 4.79 Å². The largest absolute Gasteiger partial charge is 0.468 e. The Kier molecular flexibility index (Phi) is 5.58. The highest BCUT2D eigenvalue weighted by molar-refractivity contribution is 7.10. The Balaban J connectivity index is 1.60. The number of hydrogen-bond donors (Lipinski definition) is 1. The third-order valence-electron chi connectivity index (χ3n) is 4.76. The van der Waals surface area contributed by atoms with Crippen molar-refractivity contribution in [2.75, 3.05) is 26.7 Å². The quantitative estimate of drug-likeness (QED) is 0.863. The predicted octanol–water partition coefficient (Wildman–Crippen LogP) is 3.88. The fraction of sp³-hybridized carbons (Fsp3) is 0.500. The number of amides is 2. The third kappa shape index (κ3) is 3.82. The highest BCUT2D eigenvalue weighted by atomic mass is 32.1. The number of carbonyl (C=O) groups excluding carboxylic acids is 1. The van der Waals surface area contributed by atoms with E-state index >= 15 is 0 Å². The molecule has 1 N–H and O–H groups in total. The monoisotopic (exact) mass is 347 g/mol. The van der Waals surface area contributed by atoms with Crippen LogP contribution in [0.4, 0.5) is 4.79 Å². The van der Waals surface area contributed by atoms with E-state index in [4.69, 9.17) is 4.42 Å². The van der Waals surface area contributed by atoms with Gasteiger partial charge in [-0.2, -0.15) is 0 Å². The molecule has 3 rings (SSSR count). The Morgan fingerprint density at radius 3 is 2.79 bits per heavy atom. The van der Waals surface area contributed by atoms with Gasteiger partial charge < -0.3 is 14.6 Å². The summed E-state index contributed by atoms with van der Waals surface area (Å²) < 4.78 is 5.60. The first-order valence-corrected chi connectivity index (χ1v) is 9.36. The van der Waals surface area contributed by atoms with E-state index < -0.39 is 0 Å². The maximum atomic E-state index is 12.5. The second-order valence-corrected chi connectivity index (χ2v) is 7.24. The molecule has 2 amide bonds. The van der Waals surface area contributed by atoms with E-state index in [0.717, 1.165) is 18.8 Å². The molecule has 1 aliphatic heterocycles. The fourth-order valence-electron chi connectivity index (χ4n) is 3.15. The molecule has 2 atom stereocenters. The van der Waals surface area contributed by atoms with Gasteiger partial charge in [0.05, 0.1) is 18.3 Å². The number of rotatable bonds is 6. The van der Waals surface area contributed by atoms with Crippen molar-refractivity contribution >= 4 is 17.4 Å². The van der Waals surface area contributed by atoms with E-state index in [1.165, 1.54) is 17.7 Å². The Hall–Kier alpha value is -1.79. The van der Waals surface area contributed by atoms with Gasteiger partial charge in [0, 0.05) is 18.5 Å². The Labute approximate surface area is 147 Å². The van der Waals surface area contributed by atoms with Crippen molar-refractivity contribution in [3.63, 3.8) is 0 Å². The zero-order valence-corrected chi connectivity index (χ0v) is 15.1. The van der Waals surface area contributed by atoms with Gasteiger partial charge in [-0.15, -0.1) is 11.3 Å². The van der Waals surface area contributed by atoms with E-state index in [1.807, 2.05) is 30.6 Å². The lowest BCUT2D eigenvalue weighted by molar-refractivity contribution is 0.179. The standard InChI is InChI=1S/C18H25N3O2S/c1-14(17-8-6-12-24-17)20(2)18(22)19-13-15(16-7-5-11-23-16)21-9-3-4-10-21/h5-8,11-12,14-15H,3-4,9-10,13H2,1-2H3,(H,19,22)/t14-,15-/m0/s1. The average Bonchev–Trinajstić information content (AvgIpc) is 3.36. The molecule has 2 aromatic heterocycles. The highest BCUT2D eigenvalue weighted by Crippen LogP contribution is 2.26. The summed E-state index contributed by atoms with van der Waals surface area (Å²) in [6.07, 6.45) is 4.12. The molecule has 0 aliphatic carbocycles. The van der Waals surface area contributed by atoms with Crippen LogP contribution in [0.1, 0.15) is 42.5 Å². The molecule has 0 saturated carbocycles. The molecule has 0 bridgehead atoms. The molecular formula is C18H25N3O2S.